The van der Waals surface area contributed by atoms with Crippen LogP contribution in [-0.4, -0.2) is 56.5 Å². The largest absolute Gasteiger partial charge is 0.488 e. The SMILES string of the molecule is CC(NC(=O)c1ccc2ccccc2n1)C1CCCC1.CCC(C)CC(=O)NCc1cc(B(O)O)cc(S(=O)NC(C)=O)c1.NC=O. The van der Waals surface area contributed by atoms with Gasteiger partial charge in [0, 0.05) is 31.3 Å². The number of aromatic nitrogens is 1. The summed E-state index contributed by atoms with van der Waals surface area (Å²) in [4.78, 5) is 48.4. The van der Waals surface area contributed by atoms with E-state index < -0.39 is 24.0 Å². The number of hydrogen-bond donors (Lipinski definition) is 6. The van der Waals surface area contributed by atoms with Crippen LogP contribution >= 0.6 is 0 Å². The fourth-order valence-corrected chi connectivity index (χ4v) is 5.90. The molecule has 14 heteroatoms. The number of para-hydroxylation sites is 1. The number of carbonyl (C=O) groups is 4. The highest BCUT2D eigenvalue weighted by molar-refractivity contribution is 7.83. The minimum absolute atomic E-state index is 0.0600. The number of benzene rings is 2. The summed E-state index contributed by atoms with van der Waals surface area (Å²) in [6, 6.07) is 16.2. The van der Waals surface area contributed by atoms with Crippen LogP contribution in [0, 0.1) is 11.8 Å². The molecule has 3 unspecified atom stereocenters. The maximum Gasteiger partial charge on any atom is 0.488 e. The second kappa shape index (κ2) is 20.2. The zero-order valence-electron chi connectivity index (χ0n) is 27.4. The van der Waals surface area contributed by atoms with E-state index >= 15 is 0 Å². The van der Waals surface area contributed by atoms with E-state index in [0.717, 1.165) is 17.3 Å². The lowest BCUT2D eigenvalue weighted by molar-refractivity contribution is -0.122. The summed E-state index contributed by atoms with van der Waals surface area (Å²) in [5.74, 6) is 0.267. The molecule has 1 fully saturated rings. The Bertz CT molecular complexity index is 1520. The van der Waals surface area contributed by atoms with Crippen LogP contribution in [0.2, 0.25) is 0 Å². The van der Waals surface area contributed by atoms with Gasteiger partial charge >= 0.3 is 7.12 Å². The van der Waals surface area contributed by atoms with Crippen molar-refractivity contribution in [3.8, 4) is 0 Å². The molecule has 3 aromatic rings. The van der Waals surface area contributed by atoms with E-state index in [2.05, 4.69) is 33.0 Å². The molecule has 4 amide bonds. The summed E-state index contributed by atoms with van der Waals surface area (Å²) in [5.41, 5.74) is 6.24. The van der Waals surface area contributed by atoms with Crippen molar-refractivity contribution in [3.05, 3.63) is 65.9 Å². The summed E-state index contributed by atoms with van der Waals surface area (Å²) in [7, 11) is -3.55. The van der Waals surface area contributed by atoms with Gasteiger partial charge in [0.05, 0.1) is 10.4 Å². The molecule has 7 N–H and O–H groups in total. The standard InChI is InChI=1S/C17H20N2O.C15H23BN2O5S.CH3NO/c1-12(13-6-2-3-7-13)18-17(20)16-11-10-14-8-4-5-9-15(14)19-16;1-4-10(2)5-15(20)17-9-12-6-13(16(21)22)8-14(7-12)24(23)18-11(3)19;2-1-3/h4-5,8-13H,2-3,6-7H2,1H3,(H,18,20);6-8,10,21-22H,4-5,9H2,1-3H3,(H,17,20)(H,18,19);1H,(H2,2,3). The number of primary amides is 1. The fraction of sp³-hybridized carbons (Fsp3) is 0.424. The Balaban J connectivity index is 0.000000305. The van der Waals surface area contributed by atoms with Crippen molar-refractivity contribution < 1.29 is 33.4 Å². The van der Waals surface area contributed by atoms with Gasteiger partial charge in [-0.05, 0) is 66.9 Å². The predicted octanol–water partition coefficient (Wildman–Crippen LogP) is 2.22. The molecule has 1 aliphatic rings. The number of rotatable bonds is 11. The zero-order chi connectivity index (χ0) is 34.9. The second-order valence-electron chi connectivity index (χ2n) is 11.5. The highest BCUT2D eigenvalue weighted by Crippen LogP contribution is 2.27. The molecule has 0 spiro atoms. The van der Waals surface area contributed by atoms with Gasteiger partial charge in [0.2, 0.25) is 18.2 Å². The fourth-order valence-electron chi connectivity index (χ4n) is 5.02. The van der Waals surface area contributed by atoms with Gasteiger partial charge in [0.1, 0.15) is 5.69 Å². The average Bonchev–Trinajstić information content (AvgIpc) is 3.59. The van der Waals surface area contributed by atoms with Crippen molar-refractivity contribution in [2.75, 3.05) is 0 Å². The van der Waals surface area contributed by atoms with Crippen LogP contribution in [0.5, 0.6) is 0 Å². The molecule has 1 saturated carbocycles. The third-order valence-electron chi connectivity index (χ3n) is 7.75. The first kappa shape index (κ1) is 39.0. The van der Waals surface area contributed by atoms with Gasteiger partial charge < -0.3 is 26.4 Å². The van der Waals surface area contributed by atoms with Crippen molar-refractivity contribution in [2.45, 2.75) is 83.7 Å². The van der Waals surface area contributed by atoms with Gasteiger partial charge in [-0.1, -0.05) is 63.4 Å². The minimum Gasteiger partial charge on any atom is -0.423 e. The second-order valence-corrected chi connectivity index (χ2v) is 12.8. The molecular formula is C33H46BN5O7S. The van der Waals surface area contributed by atoms with Crippen molar-refractivity contribution in [1.29, 1.82) is 0 Å². The van der Waals surface area contributed by atoms with Crippen LogP contribution in [0.3, 0.4) is 0 Å². The van der Waals surface area contributed by atoms with Crippen LogP contribution in [0.25, 0.3) is 10.9 Å². The van der Waals surface area contributed by atoms with E-state index in [-0.39, 0.29) is 47.1 Å². The van der Waals surface area contributed by atoms with Crippen molar-refractivity contribution in [1.82, 2.24) is 20.3 Å². The molecule has 1 aromatic heterocycles. The number of nitrogens with two attached hydrogens (primary N) is 1. The van der Waals surface area contributed by atoms with Gasteiger partial charge in [-0.15, -0.1) is 0 Å². The number of amides is 4. The molecule has 4 rings (SSSR count). The summed E-state index contributed by atoms with van der Waals surface area (Å²) in [5, 5.41) is 25.6. The average molecular weight is 668 g/mol. The van der Waals surface area contributed by atoms with Crippen molar-refractivity contribution in [3.63, 3.8) is 0 Å². The number of pyridine rings is 1. The van der Waals surface area contributed by atoms with Crippen LogP contribution in [0.15, 0.2) is 59.5 Å². The van der Waals surface area contributed by atoms with E-state index in [4.69, 9.17) is 4.79 Å². The number of nitrogens with one attached hydrogen (secondary N) is 3. The summed E-state index contributed by atoms with van der Waals surface area (Å²) >= 11 is 0. The first-order chi connectivity index (χ1) is 22.4. The highest BCUT2D eigenvalue weighted by atomic mass is 32.2. The maximum atomic E-state index is 12.3. The lowest BCUT2D eigenvalue weighted by Crippen LogP contribution is -2.37. The summed E-state index contributed by atoms with van der Waals surface area (Å²) in [6.07, 6.45) is 6.60. The van der Waals surface area contributed by atoms with Gasteiger partial charge in [-0.2, -0.15) is 0 Å². The molecule has 0 saturated heterocycles. The molecule has 1 aliphatic carbocycles. The maximum absolute atomic E-state index is 12.3. The Morgan fingerprint density at radius 2 is 1.74 bits per heavy atom. The van der Waals surface area contributed by atoms with Gasteiger partial charge in [-0.3, -0.25) is 23.9 Å². The lowest BCUT2D eigenvalue weighted by Gasteiger charge is -2.20. The van der Waals surface area contributed by atoms with E-state index in [0.29, 0.717) is 23.6 Å². The highest BCUT2D eigenvalue weighted by Gasteiger charge is 2.23. The molecule has 0 bridgehead atoms. The first-order valence-corrected chi connectivity index (χ1v) is 16.8. The van der Waals surface area contributed by atoms with Crippen LogP contribution in [0.1, 0.15) is 82.3 Å². The lowest BCUT2D eigenvalue weighted by atomic mass is 9.79. The molecule has 3 atom stereocenters. The third kappa shape index (κ3) is 13.6. The molecule has 254 valence electrons. The zero-order valence-corrected chi connectivity index (χ0v) is 28.2. The number of hydrogen-bond acceptors (Lipinski definition) is 8. The molecule has 12 nitrogen and oxygen atoms in total. The Kier molecular flexibility index (Phi) is 16.8. The summed E-state index contributed by atoms with van der Waals surface area (Å²) in [6.45, 7) is 7.50. The molecule has 0 radical (unpaired) electrons. The van der Waals surface area contributed by atoms with E-state index in [1.807, 2.05) is 44.2 Å². The molecule has 0 aliphatic heterocycles. The van der Waals surface area contributed by atoms with Crippen molar-refractivity contribution >= 4 is 58.6 Å². The Hall–Kier alpha value is -4.14. The topological polar surface area (TPSA) is 201 Å². The molecular weight excluding hydrogens is 621 g/mol. The smallest absolute Gasteiger partial charge is 0.423 e. The first-order valence-electron chi connectivity index (χ1n) is 15.7. The summed E-state index contributed by atoms with van der Waals surface area (Å²) < 4.78 is 14.3. The Labute approximate surface area is 279 Å². The van der Waals surface area contributed by atoms with Crippen molar-refractivity contribution in [2.24, 2.45) is 17.6 Å². The molecule has 1 heterocycles. The van der Waals surface area contributed by atoms with Gasteiger partial charge in [-0.25, -0.2) is 9.19 Å². The third-order valence-corrected chi connectivity index (χ3v) is 8.89. The molecule has 2 aromatic carbocycles. The number of nitrogens with zero attached hydrogens (tertiary/aromatic N) is 1. The predicted molar refractivity (Wildman–Crippen MR) is 183 cm³/mol. The number of carbonyl (C=O) groups excluding carboxylic acids is 4. The van der Waals surface area contributed by atoms with Crippen LogP contribution in [0.4, 0.5) is 0 Å². The van der Waals surface area contributed by atoms with E-state index in [1.165, 1.54) is 44.7 Å². The van der Waals surface area contributed by atoms with Gasteiger partial charge in [0.15, 0.2) is 11.0 Å². The van der Waals surface area contributed by atoms with E-state index in [1.54, 1.807) is 12.1 Å². The molecule has 47 heavy (non-hydrogen) atoms. The minimum atomic E-state index is -1.81. The Morgan fingerprint density at radius 1 is 1.09 bits per heavy atom. The van der Waals surface area contributed by atoms with Crippen LogP contribution in [-0.2, 0) is 31.9 Å². The number of fused-ring (bicyclic) bond motifs is 1. The van der Waals surface area contributed by atoms with Gasteiger partial charge in [0.25, 0.3) is 5.91 Å². The Morgan fingerprint density at radius 3 is 2.36 bits per heavy atom. The monoisotopic (exact) mass is 667 g/mol. The normalized spacial score (nSPS) is 14.3. The quantitative estimate of drug-likeness (QED) is 0.132. The van der Waals surface area contributed by atoms with E-state index in [9.17, 15) is 28.6 Å². The van der Waals surface area contributed by atoms with Crippen LogP contribution < -0.4 is 26.6 Å².